The van der Waals surface area contributed by atoms with E-state index in [1.165, 1.54) is 4.90 Å². The van der Waals surface area contributed by atoms with Gasteiger partial charge in [0.05, 0.1) is 11.8 Å². The lowest BCUT2D eigenvalue weighted by Gasteiger charge is -2.16. The highest BCUT2D eigenvalue weighted by molar-refractivity contribution is 6.06. The molecule has 0 aromatic carbocycles. The molecule has 4 nitrogen and oxygen atoms in total. The Morgan fingerprint density at radius 3 is 2.25 bits per heavy atom. The van der Waals surface area contributed by atoms with Gasteiger partial charge in [0, 0.05) is 6.54 Å². The Morgan fingerprint density at radius 1 is 1.19 bits per heavy atom. The molecule has 1 saturated heterocycles. The van der Waals surface area contributed by atoms with Gasteiger partial charge in [-0.3, -0.25) is 14.5 Å². The number of carbonyl (C=O) groups excluding carboxylic acids is 2. The summed E-state index contributed by atoms with van der Waals surface area (Å²) in [5, 5.41) is 0. The number of nitrogens with two attached hydrogens (primary N) is 1. The molecule has 3 aliphatic rings. The van der Waals surface area contributed by atoms with Gasteiger partial charge in [-0.25, -0.2) is 0 Å². The van der Waals surface area contributed by atoms with Crippen LogP contribution in [0.4, 0.5) is 0 Å². The summed E-state index contributed by atoms with van der Waals surface area (Å²) in [5.74, 6) is 0.602. The molecule has 2 aliphatic carbocycles. The Morgan fingerprint density at radius 2 is 1.75 bits per heavy atom. The van der Waals surface area contributed by atoms with Gasteiger partial charge in [0.15, 0.2) is 0 Å². The first kappa shape index (κ1) is 10.0. The van der Waals surface area contributed by atoms with Crippen LogP contribution in [0.25, 0.3) is 0 Å². The van der Waals surface area contributed by atoms with E-state index >= 15 is 0 Å². The number of allylic oxidation sites excluding steroid dienone is 2. The van der Waals surface area contributed by atoms with Crippen LogP contribution in [0.2, 0.25) is 0 Å². The fraction of sp³-hybridized carbons (Fsp3) is 0.667. The average molecular weight is 220 g/mol. The summed E-state index contributed by atoms with van der Waals surface area (Å²) >= 11 is 0. The highest BCUT2D eigenvalue weighted by atomic mass is 16.2. The molecule has 86 valence electrons. The van der Waals surface area contributed by atoms with Crippen molar-refractivity contribution in [2.75, 3.05) is 13.1 Å². The maximum Gasteiger partial charge on any atom is 0.233 e. The maximum atomic E-state index is 12.1. The number of imide groups is 1. The standard InChI is InChI=1S/C12H16N2O2/c13-4-1-5-14-11(15)9-7-2-3-8(6-7)10(9)12(14)16/h2-3,7-10H,1,4-6,13H2/t7-,8-,9-,10-/m0/s1. The Balaban J connectivity index is 1.83. The minimum Gasteiger partial charge on any atom is -0.330 e. The second-order valence-corrected chi connectivity index (χ2v) is 4.97. The summed E-state index contributed by atoms with van der Waals surface area (Å²) in [4.78, 5) is 25.7. The van der Waals surface area contributed by atoms with Crippen molar-refractivity contribution < 1.29 is 9.59 Å². The van der Waals surface area contributed by atoms with E-state index in [1.807, 2.05) is 0 Å². The lowest BCUT2D eigenvalue weighted by molar-refractivity contribution is -0.140. The van der Waals surface area contributed by atoms with E-state index in [9.17, 15) is 9.59 Å². The number of carbonyl (C=O) groups is 2. The number of likely N-dealkylation sites (tertiary alicyclic amines) is 1. The molecule has 0 aromatic heterocycles. The van der Waals surface area contributed by atoms with Crippen LogP contribution < -0.4 is 5.73 Å². The van der Waals surface area contributed by atoms with Crippen molar-refractivity contribution in [2.24, 2.45) is 29.4 Å². The smallest absolute Gasteiger partial charge is 0.233 e. The molecule has 0 spiro atoms. The molecule has 0 radical (unpaired) electrons. The summed E-state index contributed by atoms with van der Waals surface area (Å²) in [6.07, 6.45) is 5.93. The van der Waals surface area contributed by atoms with Crippen LogP contribution in [0, 0.1) is 23.7 Å². The first-order chi connectivity index (χ1) is 7.74. The maximum absolute atomic E-state index is 12.1. The largest absolute Gasteiger partial charge is 0.330 e. The molecule has 2 fully saturated rings. The first-order valence-electron chi connectivity index (χ1n) is 5.97. The molecular formula is C12H16N2O2. The van der Waals surface area contributed by atoms with Gasteiger partial charge in [0.1, 0.15) is 0 Å². The summed E-state index contributed by atoms with van der Waals surface area (Å²) in [7, 11) is 0. The Hall–Kier alpha value is -1.16. The van der Waals surface area contributed by atoms with Crippen molar-refractivity contribution in [3.8, 4) is 0 Å². The van der Waals surface area contributed by atoms with Crippen molar-refractivity contribution in [3.63, 3.8) is 0 Å². The molecule has 1 saturated carbocycles. The minimum atomic E-state index is -0.0553. The lowest BCUT2D eigenvalue weighted by atomic mass is 9.85. The van der Waals surface area contributed by atoms with Crippen LogP contribution in [-0.2, 0) is 9.59 Å². The molecule has 1 heterocycles. The van der Waals surface area contributed by atoms with Gasteiger partial charge in [-0.05, 0) is 31.2 Å². The zero-order valence-corrected chi connectivity index (χ0v) is 9.13. The third-order valence-corrected chi connectivity index (χ3v) is 4.15. The summed E-state index contributed by atoms with van der Waals surface area (Å²) in [6, 6.07) is 0. The number of amides is 2. The van der Waals surface area contributed by atoms with Crippen LogP contribution >= 0.6 is 0 Å². The zero-order chi connectivity index (χ0) is 11.3. The molecule has 4 heteroatoms. The number of fused-ring (bicyclic) bond motifs is 5. The summed E-state index contributed by atoms with van der Waals surface area (Å²) in [6.45, 7) is 1.03. The molecule has 3 rings (SSSR count). The average Bonchev–Trinajstić information content (AvgIpc) is 2.92. The molecule has 2 bridgehead atoms. The highest BCUT2D eigenvalue weighted by Gasteiger charge is 2.58. The molecule has 2 N–H and O–H groups in total. The van der Waals surface area contributed by atoms with Gasteiger partial charge in [0.25, 0.3) is 0 Å². The van der Waals surface area contributed by atoms with Gasteiger partial charge in [-0.15, -0.1) is 0 Å². The first-order valence-corrected chi connectivity index (χ1v) is 5.97. The van der Waals surface area contributed by atoms with E-state index in [2.05, 4.69) is 12.2 Å². The van der Waals surface area contributed by atoms with Crippen molar-refractivity contribution in [1.82, 2.24) is 4.90 Å². The molecule has 16 heavy (non-hydrogen) atoms. The Kier molecular flexibility index (Phi) is 2.14. The molecule has 4 atom stereocenters. The number of hydrogen-bond acceptors (Lipinski definition) is 3. The topological polar surface area (TPSA) is 63.4 Å². The number of hydrogen-bond donors (Lipinski definition) is 1. The Bertz CT molecular complexity index is 347. The van der Waals surface area contributed by atoms with Crippen molar-refractivity contribution in [1.29, 1.82) is 0 Å². The van der Waals surface area contributed by atoms with Crippen molar-refractivity contribution >= 4 is 11.8 Å². The molecule has 2 amide bonds. The van der Waals surface area contributed by atoms with E-state index < -0.39 is 0 Å². The second kappa shape index (κ2) is 3.42. The number of nitrogens with zero attached hydrogens (tertiary/aromatic N) is 1. The van der Waals surface area contributed by atoms with Crippen LogP contribution in [0.5, 0.6) is 0 Å². The third kappa shape index (κ3) is 1.13. The summed E-state index contributed by atoms with van der Waals surface area (Å²) < 4.78 is 0. The monoisotopic (exact) mass is 220 g/mol. The van der Waals surface area contributed by atoms with Crippen molar-refractivity contribution in [3.05, 3.63) is 12.2 Å². The summed E-state index contributed by atoms with van der Waals surface area (Å²) in [5.41, 5.74) is 5.42. The molecule has 0 aromatic rings. The quantitative estimate of drug-likeness (QED) is 0.543. The van der Waals surface area contributed by atoms with E-state index in [0.717, 1.165) is 6.42 Å². The van der Waals surface area contributed by atoms with Crippen LogP contribution in [-0.4, -0.2) is 29.8 Å². The van der Waals surface area contributed by atoms with Crippen molar-refractivity contribution in [2.45, 2.75) is 12.8 Å². The van der Waals surface area contributed by atoms with Gasteiger partial charge in [0.2, 0.25) is 11.8 Å². The highest BCUT2D eigenvalue weighted by Crippen LogP contribution is 2.52. The van der Waals surface area contributed by atoms with E-state index in [1.54, 1.807) is 0 Å². The van der Waals surface area contributed by atoms with Crippen LogP contribution in [0.3, 0.4) is 0 Å². The van der Waals surface area contributed by atoms with Gasteiger partial charge >= 0.3 is 0 Å². The van der Waals surface area contributed by atoms with E-state index in [4.69, 9.17) is 5.73 Å². The normalized spacial score (nSPS) is 39.9. The van der Waals surface area contributed by atoms with Crippen LogP contribution in [0.15, 0.2) is 12.2 Å². The minimum absolute atomic E-state index is 0.0419. The van der Waals surface area contributed by atoms with E-state index in [0.29, 0.717) is 31.3 Å². The predicted octanol–water partition coefficient (Wildman–Crippen LogP) is 0.142. The molecular weight excluding hydrogens is 204 g/mol. The number of rotatable bonds is 3. The fourth-order valence-corrected chi connectivity index (χ4v) is 3.43. The predicted molar refractivity (Wildman–Crippen MR) is 58.1 cm³/mol. The van der Waals surface area contributed by atoms with Gasteiger partial charge in [-0.2, -0.15) is 0 Å². The molecule has 0 unspecified atom stereocenters. The van der Waals surface area contributed by atoms with E-state index in [-0.39, 0.29) is 23.7 Å². The zero-order valence-electron chi connectivity index (χ0n) is 9.13. The van der Waals surface area contributed by atoms with Gasteiger partial charge in [-0.1, -0.05) is 12.2 Å². The van der Waals surface area contributed by atoms with Crippen LogP contribution in [0.1, 0.15) is 12.8 Å². The molecule has 1 aliphatic heterocycles. The van der Waals surface area contributed by atoms with Gasteiger partial charge < -0.3 is 5.73 Å². The fourth-order valence-electron chi connectivity index (χ4n) is 3.43. The lowest BCUT2D eigenvalue weighted by Crippen LogP contribution is -2.34. The SMILES string of the molecule is NCCCN1C(=O)[C@@H]2[C@@H](C1=O)[C@H]1C=C[C@H]2C1. The third-order valence-electron chi connectivity index (χ3n) is 4.15. The Labute approximate surface area is 94.5 Å². The second-order valence-electron chi connectivity index (χ2n) is 4.97.